The molecule has 2 rings (SSSR count). The van der Waals surface area contributed by atoms with Crippen molar-refractivity contribution in [1.29, 1.82) is 0 Å². The van der Waals surface area contributed by atoms with E-state index in [2.05, 4.69) is 98.8 Å². The Morgan fingerprint density at radius 2 is 1.57 bits per heavy atom. The summed E-state index contributed by atoms with van der Waals surface area (Å²) in [6.45, 7) is 13.5. The molecule has 0 bridgehead atoms. The van der Waals surface area contributed by atoms with Crippen LogP contribution < -0.4 is 5.30 Å². The number of hydrogen-bond acceptors (Lipinski definition) is 0. The van der Waals surface area contributed by atoms with E-state index in [1.807, 2.05) is 0 Å². The van der Waals surface area contributed by atoms with Crippen LogP contribution in [0.1, 0.15) is 41.5 Å². The molecule has 21 heavy (non-hydrogen) atoms. The first-order chi connectivity index (χ1) is 9.54. The summed E-state index contributed by atoms with van der Waals surface area (Å²) in [5, 5.41) is 3.09. The van der Waals surface area contributed by atoms with Gasteiger partial charge in [0.15, 0.2) is 0 Å². The van der Waals surface area contributed by atoms with Gasteiger partial charge in [0.1, 0.15) is 0 Å². The second kappa shape index (κ2) is 5.89. The zero-order chi connectivity index (χ0) is 15.9. The van der Waals surface area contributed by atoms with Crippen molar-refractivity contribution < 1.29 is 0 Å². The Balaban J connectivity index is 2.52. The molecule has 1 aliphatic heterocycles. The van der Waals surface area contributed by atoms with Crippen LogP contribution >= 0.6 is 4.20 Å². The van der Waals surface area contributed by atoms with Crippen LogP contribution in [0.15, 0.2) is 40.1 Å². The molecule has 0 amide bonds. The molecule has 112 valence electrons. The summed E-state index contributed by atoms with van der Waals surface area (Å²) in [6.07, 6.45) is 0. The molecule has 0 saturated heterocycles. The van der Waals surface area contributed by atoms with Crippen LogP contribution in [0.2, 0.25) is 0 Å². The zero-order valence-corrected chi connectivity index (χ0v) is 18.0. The van der Waals surface area contributed by atoms with Gasteiger partial charge < -0.3 is 0 Å². The molecule has 0 aromatic heterocycles. The van der Waals surface area contributed by atoms with Gasteiger partial charge in [0.25, 0.3) is 0 Å². The molecule has 1 aromatic carbocycles. The Labute approximate surface area is 143 Å². The van der Waals surface area contributed by atoms with Crippen LogP contribution in [0.25, 0.3) is 0 Å². The van der Waals surface area contributed by atoms with E-state index in [9.17, 15) is 0 Å². The molecular weight excluding hydrogens is 405 g/mol. The van der Waals surface area contributed by atoms with Crippen LogP contribution in [0.4, 0.5) is 0 Å². The van der Waals surface area contributed by atoms with E-state index in [0.717, 1.165) is 0 Å². The van der Waals surface area contributed by atoms with Crippen molar-refractivity contribution in [2.45, 2.75) is 41.5 Å². The Morgan fingerprint density at radius 1 is 1.00 bits per heavy atom. The zero-order valence-electron chi connectivity index (χ0n) is 13.7. The number of allylic oxidation sites excluding steroid dienone is 2. The van der Waals surface area contributed by atoms with Gasteiger partial charge in [0.2, 0.25) is 0 Å². The van der Waals surface area contributed by atoms with E-state index >= 15 is 0 Å². The van der Waals surface area contributed by atoms with E-state index in [4.69, 9.17) is 0 Å². The molecule has 0 unspecified atom stereocenters. The third-order valence-corrected chi connectivity index (χ3v) is 17.1. The molecule has 1 heterocycles. The van der Waals surface area contributed by atoms with E-state index in [1.54, 1.807) is 5.31 Å². The van der Waals surface area contributed by atoms with Crippen LogP contribution in [-0.4, -0.2) is 29.6 Å². The molecule has 0 radical (unpaired) electrons. The molecule has 3 heteroatoms. The van der Waals surface area contributed by atoms with Crippen molar-refractivity contribution in [1.82, 2.24) is 0 Å². The minimum atomic E-state index is -1.25. The molecule has 0 spiro atoms. The van der Waals surface area contributed by atoms with Crippen molar-refractivity contribution in [3.8, 4) is 11.8 Å². The van der Waals surface area contributed by atoms with Crippen molar-refractivity contribution in [3.05, 3.63) is 40.1 Å². The molecule has 0 N–H and O–H groups in total. The quantitative estimate of drug-likeness (QED) is 0.355. The third kappa shape index (κ3) is 3.85. The third-order valence-electron chi connectivity index (χ3n) is 3.09. The van der Waals surface area contributed by atoms with E-state index in [0.29, 0.717) is 14.5 Å². The normalized spacial score (nSPS) is 22.4. The van der Waals surface area contributed by atoms with Crippen LogP contribution in [-0.2, 0) is 0 Å². The van der Waals surface area contributed by atoms with Gasteiger partial charge in [0.05, 0.1) is 0 Å². The summed E-state index contributed by atoms with van der Waals surface area (Å²) in [5.41, 5.74) is 0.268. The van der Waals surface area contributed by atoms with Crippen molar-refractivity contribution in [3.63, 3.8) is 0 Å². The first kappa shape index (κ1) is 17.3. The Kier molecular flexibility index (Phi) is 4.86. The summed E-state index contributed by atoms with van der Waals surface area (Å²) in [4.78, 5) is 0. The first-order valence-electron chi connectivity index (χ1n) is 7.18. The minimum absolute atomic E-state index is 0.0764. The summed E-state index contributed by atoms with van der Waals surface area (Å²) >= 11 is 4.08. The average Bonchev–Trinajstić information content (AvgIpc) is 2.31. The molecule has 0 nitrogen and oxygen atoms in total. The van der Waals surface area contributed by atoms with Gasteiger partial charge in [-0.2, -0.15) is 0 Å². The van der Waals surface area contributed by atoms with Gasteiger partial charge in [0, 0.05) is 0 Å². The van der Waals surface area contributed by atoms with E-state index in [1.165, 1.54) is 9.78 Å². The van der Waals surface area contributed by atoms with Crippen LogP contribution in [0, 0.1) is 22.7 Å². The fourth-order valence-electron chi connectivity index (χ4n) is 2.23. The number of rotatable bonds is 1. The fourth-order valence-corrected chi connectivity index (χ4v) is 18.7. The standard InChI is InChI=1S/C18H23PSe2/c1-17(2,3)13-12-15-16(18(4,5)6)19(20,21-15)14-10-8-7-9-11-14/h7-11H,1-6H3/t19-/m1/s1. The van der Waals surface area contributed by atoms with Crippen LogP contribution in [0.3, 0.4) is 0 Å². The molecule has 1 atom stereocenters. The van der Waals surface area contributed by atoms with Gasteiger partial charge in [-0.25, -0.2) is 0 Å². The summed E-state index contributed by atoms with van der Waals surface area (Å²) < 4.78 is 0.181. The molecule has 1 aromatic rings. The Bertz CT molecular complexity index is 674. The topological polar surface area (TPSA) is 0 Å². The van der Waals surface area contributed by atoms with Crippen molar-refractivity contribution in [2.75, 3.05) is 0 Å². The summed E-state index contributed by atoms with van der Waals surface area (Å²) in [7, 11) is 0. The molecule has 0 saturated carbocycles. The molecular formula is C18H23PSe2. The van der Waals surface area contributed by atoms with Crippen molar-refractivity contribution >= 4 is 39.1 Å². The van der Waals surface area contributed by atoms with Crippen molar-refractivity contribution in [2.24, 2.45) is 10.8 Å². The van der Waals surface area contributed by atoms with Crippen LogP contribution in [0.5, 0.6) is 0 Å². The molecule has 0 fully saturated rings. The Hall–Kier alpha value is -0.0110. The van der Waals surface area contributed by atoms with Gasteiger partial charge >= 0.3 is 143 Å². The number of benzene rings is 1. The van der Waals surface area contributed by atoms with Gasteiger partial charge in [-0.1, -0.05) is 0 Å². The maximum atomic E-state index is 3.60. The van der Waals surface area contributed by atoms with E-state index in [-0.39, 0.29) is 10.8 Å². The first-order valence-corrected chi connectivity index (χ1v) is 14.3. The summed E-state index contributed by atoms with van der Waals surface area (Å²) in [5.74, 6) is 6.93. The maximum absolute atomic E-state index is 3.60. The molecule has 0 aliphatic carbocycles. The monoisotopic (exact) mass is 430 g/mol. The number of hydrogen-bond donors (Lipinski definition) is 0. The SMILES string of the molecule is CC(C)(C)C#CC1=C(C(C)(C)C)[P@@](=[Se])(c2ccccc2)[Se]1. The summed E-state index contributed by atoms with van der Waals surface area (Å²) in [6, 6.07) is 11.0. The second-order valence-corrected chi connectivity index (χ2v) is 22.1. The van der Waals surface area contributed by atoms with E-state index < -0.39 is 4.20 Å². The Morgan fingerprint density at radius 3 is 2.05 bits per heavy atom. The average molecular weight is 428 g/mol. The molecule has 1 aliphatic rings. The van der Waals surface area contributed by atoms with Gasteiger partial charge in [-0.05, 0) is 0 Å². The predicted octanol–water partition coefficient (Wildman–Crippen LogP) is 4.35. The van der Waals surface area contributed by atoms with Gasteiger partial charge in [-0.15, -0.1) is 0 Å². The predicted molar refractivity (Wildman–Crippen MR) is 98.2 cm³/mol. The second-order valence-electron chi connectivity index (χ2n) is 7.41. The van der Waals surface area contributed by atoms with Gasteiger partial charge in [-0.3, -0.25) is 0 Å². The fraction of sp³-hybridized carbons (Fsp3) is 0.444.